The molecule has 0 atom stereocenters. The van der Waals surface area contributed by atoms with E-state index in [0.717, 1.165) is 0 Å². The highest BCUT2D eigenvalue weighted by Gasteiger charge is 2.06. The lowest BCUT2D eigenvalue weighted by molar-refractivity contribution is -0.159. The molecule has 0 amide bonds. The molecule has 4 nitrogen and oxygen atoms in total. The van der Waals surface area contributed by atoms with Gasteiger partial charge in [0.05, 0.1) is 0 Å². The number of carbonyl (C=O) groups is 2. The van der Waals surface area contributed by atoms with Crippen LogP contribution in [0.5, 0.6) is 0 Å². The summed E-state index contributed by atoms with van der Waals surface area (Å²) in [6.07, 6.45) is 1.54. The monoisotopic (exact) mass is 174 g/mol. The van der Waals surface area contributed by atoms with E-state index in [1.807, 2.05) is 0 Å². The number of esters is 2. The van der Waals surface area contributed by atoms with Crippen molar-refractivity contribution in [2.45, 2.75) is 32.6 Å². The molecule has 0 heterocycles. The van der Waals surface area contributed by atoms with Crippen LogP contribution in [0.3, 0.4) is 0 Å². The molecule has 12 heavy (non-hydrogen) atoms. The third-order valence-corrected chi connectivity index (χ3v) is 1.31. The predicted molar refractivity (Wildman–Crippen MR) is 42.3 cm³/mol. The van der Waals surface area contributed by atoms with Gasteiger partial charge in [0.25, 0.3) is 0 Å². The Bertz CT molecular complexity index is 153. The summed E-state index contributed by atoms with van der Waals surface area (Å²) in [7, 11) is 0. The molecular weight excluding hydrogens is 160 g/mol. The Morgan fingerprint density at radius 3 is 2.42 bits per heavy atom. The van der Waals surface area contributed by atoms with Crippen LogP contribution in [0.1, 0.15) is 32.6 Å². The molecule has 0 aliphatic carbocycles. The standard InChI is InChI=1S/C8H14O4/c1-2-7(10)12-8(11)5-3-4-6-9/h9H,2-6H2,1H3. The van der Waals surface area contributed by atoms with Crippen LogP contribution in [-0.4, -0.2) is 23.7 Å². The van der Waals surface area contributed by atoms with Crippen molar-refractivity contribution < 1.29 is 19.4 Å². The zero-order valence-electron chi connectivity index (χ0n) is 7.21. The van der Waals surface area contributed by atoms with Gasteiger partial charge < -0.3 is 9.84 Å². The summed E-state index contributed by atoms with van der Waals surface area (Å²) in [5.41, 5.74) is 0. The average Bonchev–Trinajstić information content (AvgIpc) is 2.05. The van der Waals surface area contributed by atoms with Crippen LogP contribution in [0, 0.1) is 0 Å². The molecule has 0 bridgehead atoms. The average molecular weight is 174 g/mol. The number of hydrogen-bond acceptors (Lipinski definition) is 4. The summed E-state index contributed by atoms with van der Waals surface area (Å²) in [4.78, 5) is 21.3. The van der Waals surface area contributed by atoms with E-state index >= 15 is 0 Å². The fraction of sp³-hybridized carbons (Fsp3) is 0.750. The molecule has 0 aromatic rings. The van der Waals surface area contributed by atoms with E-state index in [1.54, 1.807) is 6.92 Å². The predicted octanol–water partition coefficient (Wildman–Crippen LogP) is 0.629. The van der Waals surface area contributed by atoms with Crippen LogP contribution in [-0.2, 0) is 14.3 Å². The maximum absolute atomic E-state index is 10.8. The molecule has 0 saturated heterocycles. The molecule has 0 aliphatic heterocycles. The number of ether oxygens (including phenoxy) is 1. The minimum absolute atomic E-state index is 0.0645. The van der Waals surface area contributed by atoms with Crippen molar-refractivity contribution in [3.8, 4) is 0 Å². The lowest BCUT2D eigenvalue weighted by atomic mass is 10.2. The Hall–Kier alpha value is -0.900. The second kappa shape index (κ2) is 6.79. The van der Waals surface area contributed by atoms with E-state index in [4.69, 9.17) is 5.11 Å². The molecule has 0 unspecified atom stereocenters. The molecule has 0 aromatic carbocycles. The zero-order valence-corrected chi connectivity index (χ0v) is 7.21. The van der Waals surface area contributed by atoms with E-state index in [0.29, 0.717) is 12.8 Å². The van der Waals surface area contributed by atoms with E-state index in [9.17, 15) is 9.59 Å². The highest BCUT2D eigenvalue weighted by atomic mass is 16.6. The molecule has 0 rings (SSSR count). The third kappa shape index (κ3) is 5.85. The van der Waals surface area contributed by atoms with Gasteiger partial charge in [0.15, 0.2) is 0 Å². The first-order chi connectivity index (χ1) is 5.70. The summed E-state index contributed by atoms with van der Waals surface area (Å²) in [5.74, 6) is -1.00. The van der Waals surface area contributed by atoms with Gasteiger partial charge in [0.1, 0.15) is 0 Å². The Morgan fingerprint density at radius 2 is 1.92 bits per heavy atom. The molecule has 0 aromatic heterocycles. The van der Waals surface area contributed by atoms with Crippen LogP contribution in [0.15, 0.2) is 0 Å². The molecule has 0 radical (unpaired) electrons. The minimum Gasteiger partial charge on any atom is -0.396 e. The van der Waals surface area contributed by atoms with Crippen LogP contribution in [0.2, 0.25) is 0 Å². The summed E-state index contributed by atoms with van der Waals surface area (Å²) in [6.45, 7) is 1.69. The van der Waals surface area contributed by atoms with Crippen molar-refractivity contribution in [1.82, 2.24) is 0 Å². The van der Waals surface area contributed by atoms with Gasteiger partial charge in [0.2, 0.25) is 0 Å². The number of carbonyl (C=O) groups excluding carboxylic acids is 2. The molecule has 0 saturated carbocycles. The molecule has 0 spiro atoms. The largest absolute Gasteiger partial charge is 0.396 e. The molecule has 0 aliphatic rings. The first-order valence-corrected chi connectivity index (χ1v) is 4.05. The van der Waals surface area contributed by atoms with E-state index in [2.05, 4.69) is 4.74 Å². The van der Waals surface area contributed by atoms with E-state index < -0.39 is 11.9 Å². The quantitative estimate of drug-likeness (QED) is 0.377. The summed E-state index contributed by atoms with van der Waals surface area (Å²) < 4.78 is 4.39. The number of aliphatic hydroxyl groups is 1. The Labute approximate surface area is 71.5 Å². The molecule has 0 fully saturated rings. The van der Waals surface area contributed by atoms with Crippen molar-refractivity contribution in [2.24, 2.45) is 0 Å². The van der Waals surface area contributed by atoms with Crippen LogP contribution in [0.4, 0.5) is 0 Å². The summed E-state index contributed by atoms with van der Waals surface area (Å²) in [5, 5.41) is 8.39. The lowest BCUT2D eigenvalue weighted by Gasteiger charge is -1.99. The van der Waals surface area contributed by atoms with E-state index in [-0.39, 0.29) is 19.4 Å². The smallest absolute Gasteiger partial charge is 0.313 e. The minimum atomic E-state index is -0.504. The van der Waals surface area contributed by atoms with Crippen molar-refractivity contribution >= 4 is 11.9 Å². The fourth-order valence-electron chi connectivity index (χ4n) is 0.631. The van der Waals surface area contributed by atoms with Gasteiger partial charge in [-0.2, -0.15) is 0 Å². The maximum atomic E-state index is 10.8. The van der Waals surface area contributed by atoms with Crippen molar-refractivity contribution in [1.29, 1.82) is 0 Å². The molecule has 70 valence electrons. The Morgan fingerprint density at radius 1 is 1.25 bits per heavy atom. The van der Waals surface area contributed by atoms with Gasteiger partial charge in [-0.25, -0.2) is 0 Å². The third-order valence-electron chi connectivity index (χ3n) is 1.31. The number of aliphatic hydroxyl groups excluding tert-OH is 1. The van der Waals surface area contributed by atoms with Crippen molar-refractivity contribution in [3.63, 3.8) is 0 Å². The SMILES string of the molecule is CCC(=O)OC(=O)CCCCO. The number of rotatable bonds is 5. The number of unbranched alkanes of at least 4 members (excludes halogenated alkanes) is 1. The molecular formula is C8H14O4. The van der Waals surface area contributed by atoms with Gasteiger partial charge in [-0.05, 0) is 12.8 Å². The van der Waals surface area contributed by atoms with Crippen LogP contribution in [0.25, 0.3) is 0 Å². The first-order valence-electron chi connectivity index (χ1n) is 4.05. The van der Waals surface area contributed by atoms with E-state index in [1.165, 1.54) is 0 Å². The second-order valence-electron chi connectivity index (χ2n) is 2.38. The van der Waals surface area contributed by atoms with Crippen molar-refractivity contribution in [2.75, 3.05) is 6.61 Å². The second-order valence-corrected chi connectivity index (χ2v) is 2.38. The van der Waals surface area contributed by atoms with Gasteiger partial charge in [-0.15, -0.1) is 0 Å². The Balaban J connectivity index is 3.40. The first kappa shape index (κ1) is 11.1. The zero-order chi connectivity index (χ0) is 9.40. The normalized spacial score (nSPS) is 9.50. The fourth-order valence-corrected chi connectivity index (χ4v) is 0.631. The van der Waals surface area contributed by atoms with Crippen molar-refractivity contribution in [3.05, 3.63) is 0 Å². The molecule has 1 N–H and O–H groups in total. The topological polar surface area (TPSA) is 63.6 Å². The lowest BCUT2D eigenvalue weighted by Crippen LogP contribution is -2.10. The Kier molecular flexibility index (Phi) is 6.28. The highest BCUT2D eigenvalue weighted by Crippen LogP contribution is 1.97. The summed E-state index contributed by atoms with van der Waals surface area (Å²) in [6, 6.07) is 0. The summed E-state index contributed by atoms with van der Waals surface area (Å²) >= 11 is 0. The van der Waals surface area contributed by atoms with Gasteiger partial charge in [-0.3, -0.25) is 9.59 Å². The maximum Gasteiger partial charge on any atom is 0.313 e. The number of hydrogen-bond donors (Lipinski definition) is 1. The van der Waals surface area contributed by atoms with Crippen LogP contribution < -0.4 is 0 Å². The van der Waals surface area contributed by atoms with Crippen LogP contribution >= 0.6 is 0 Å². The van der Waals surface area contributed by atoms with Gasteiger partial charge in [0, 0.05) is 19.4 Å². The van der Waals surface area contributed by atoms with Gasteiger partial charge in [-0.1, -0.05) is 6.92 Å². The van der Waals surface area contributed by atoms with Gasteiger partial charge >= 0.3 is 11.9 Å². The molecule has 4 heteroatoms. The highest BCUT2D eigenvalue weighted by molar-refractivity contribution is 5.85.